The molecule has 0 aromatic heterocycles. The van der Waals surface area contributed by atoms with Crippen LogP contribution in [-0.2, 0) is 20.7 Å². The number of carbonyl (C=O) groups excluding carboxylic acids is 3. The van der Waals surface area contributed by atoms with Crippen LogP contribution in [0.1, 0.15) is 88.1 Å². The number of aliphatic hydroxyl groups excluding tert-OH is 1. The monoisotopic (exact) mass is 635 g/mol. The largest absolute Gasteiger partial charge is 0.490 e. The Morgan fingerprint density at radius 3 is 2.46 bits per heavy atom. The number of likely N-dealkylation sites (N-methyl/N-ethyl adjacent to an activating group) is 1. The van der Waals surface area contributed by atoms with Gasteiger partial charge in [-0.3, -0.25) is 14.4 Å². The van der Waals surface area contributed by atoms with E-state index in [0.29, 0.717) is 36.7 Å². The molecule has 9 heteroatoms. The molecule has 1 aliphatic heterocycles. The molecule has 4 rings (SSSR count). The predicted octanol–water partition coefficient (Wildman–Crippen LogP) is 5.70. The Hall–Kier alpha value is -3.43. The van der Waals surface area contributed by atoms with E-state index in [9.17, 15) is 19.5 Å². The number of carbonyl (C=O) groups is 3. The molecule has 0 spiro atoms. The van der Waals surface area contributed by atoms with Crippen molar-refractivity contribution >= 4 is 23.4 Å². The van der Waals surface area contributed by atoms with Crippen LogP contribution in [0.4, 0.5) is 5.69 Å². The normalized spacial score (nSPS) is 22.6. The molecule has 0 unspecified atom stereocenters. The van der Waals surface area contributed by atoms with E-state index in [4.69, 9.17) is 9.47 Å². The minimum absolute atomic E-state index is 0.0698. The molecular weight excluding hydrogens is 582 g/mol. The molecular formula is C37H53N3O6. The third-order valence-corrected chi connectivity index (χ3v) is 9.33. The van der Waals surface area contributed by atoms with E-state index in [1.807, 2.05) is 63.1 Å². The summed E-state index contributed by atoms with van der Waals surface area (Å²) in [5.74, 6) is 0.0874. The highest BCUT2D eigenvalue weighted by Gasteiger charge is 2.32. The first-order chi connectivity index (χ1) is 22.2. The van der Waals surface area contributed by atoms with Crippen LogP contribution >= 0.6 is 0 Å². The van der Waals surface area contributed by atoms with Crippen LogP contribution in [-0.4, -0.2) is 84.2 Å². The van der Waals surface area contributed by atoms with Gasteiger partial charge in [0.15, 0.2) is 0 Å². The number of rotatable bonds is 8. The van der Waals surface area contributed by atoms with E-state index < -0.39 is 6.04 Å². The molecule has 2 N–H and O–H groups in total. The highest BCUT2D eigenvalue weighted by molar-refractivity contribution is 6.00. The molecule has 46 heavy (non-hydrogen) atoms. The summed E-state index contributed by atoms with van der Waals surface area (Å²) in [6, 6.07) is 14.2. The second-order valence-electron chi connectivity index (χ2n) is 13.3. The van der Waals surface area contributed by atoms with E-state index in [-0.39, 0.29) is 54.8 Å². The van der Waals surface area contributed by atoms with Gasteiger partial charge in [0.1, 0.15) is 5.75 Å². The first-order valence-electron chi connectivity index (χ1n) is 17.1. The van der Waals surface area contributed by atoms with Crippen LogP contribution in [0, 0.1) is 11.8 Å². The zero-order valence-electron chi connectivity index (χ0n) is 28.1. The number of hydrogen-bond acceptors (Lipinski definition) is 6. The topological polar surface area (TPSA) is 108 Å². The highest BCUT2D eigenvalue weighted by atomic mass is 16.5. The van der Waals surface area contributed by atoms with Crippen LogP contribution in [0.5, 0.6) is 5.75 Å². The van der Waals surface area contributed by atoms with Crippen molar-refractivity contribution < 1.29 is 29.0 Å². The van der Waals surface area contributed by atoms with Crippen LogP contribution in [0.15, 0.2) is 48.5 Å². The third kappa shape index (κ3) is 10.0. The van der Waals surface area contributed by atoms with E-state index in [0.717, 1.165) is 50.5 Å². The summed E-state index contributed by atoms with van der Waals surface area (Å²) in [4.78, 5) is 44.0. The van der Waals surface area contributed by atoms with Crippen LogP contribution in [0.3, 0.4) is 0 Å². The Labute approximate surface area is 274 Å². The summed E-state index contributed by atoms with van der Waals surface area (Å²) in [6.45, 7) is 6.94. The quantitative estimate of drug-likeness (QED) is 0.385. The Morgan fingerprint density at radius 1 is 1.02 bits per heavy atom. The lowest BCUT2D eigenvalue weighted by atomic mass is 9.88. The number of anilines is 1. The van der Waals surface area contributed by atoms with E-state index in [1.54, 1.807) is 23.1 Å². The van der Waals surface area contributed by atoms with Crippen LogP contribution < -0.4 is 10.1 Å². The number of ether oxygens (including phenoxy) is 2. The van der Waals surface area contributed by atoms with Crippen molar-refractivity contribution in [3.05, 3.63) is 59.7 Å². The Kier molecular flexibility index (Phi) is 13.5. The molecule has 2 aromatic carbocycles. The number of aliphatic hydroxyl groups is 1. The summed E-state index contributed by atoms with van der Waals surface area (Å²) in [7, 11) is 1.86. The molecule has 1 aliphatic carbocycles. The zero-order valence-corrected chi connectivity index (χ0v) is 28.1. The van der Waals surface area contributed by atoms with Gasteiger partial charge in [0, 0.05) is 44.3 Å². The fourth-order valence-corrected chi connectivity index (χ4v) is 6.47. The average molecular weight is 636 g/mol. The van der Waals surface area contributed by atoms with Gasteiger partial charge >= 0.3 is 0 Å². The van der Waals surface area contributed by atoms with Gasteiger partial charge in [0.05, 0.1) is 36.8 Å². The molecule has 1 heterocycles. The standard InChI is InChI=1S/C37H53N3O6/c1-26-23-40(27(2)25-41)37(44)32-22-31(38-35(42)21-29-14-7-5-8-15-29)18-19-33(32)46-28(3)13-11-12-20-45-34(26)24-39(4)36(43)30-16-9-6-10-17-30/h5,7-8,14-15,18-19,22,26-28,30,34,41H,6,9-13,16-17,20-21,23-25H2,1-4H3,(H,38,42)/t26-,27+,28-,34+/m1/s1. The molecule has 2 aromatic rings. The van der Waals surface area contributed by atoms with Crippen molar-refractivity contribution in [2.24, 2.45) is 11.8 Å². The molecule has 0 radical (unpaired) electrons. The first kappa shape index (κ1) is 35.4. The van der Waals surface area contributed by atoms with Gasteiger partial charge in [-0.05, 0) is 69.7 Å². The summed E-state index contributed by atoms with van der Waals surface area (Å²) >= 11 is 0. The van der Waals surface area contributed by atoms with Crippen molar-refractivity contribution in [2.45, 2.75) is 96.8 Å². The van der Waals surface area contributed by atoms with Gasteiger partial charge in [-0.25, -0.2) is 0 Å². The van der Waals surface area contributed by atoms with Crippen molar-refractivity contribution in [3.8, 4) is 5.75 Å². The molecule has 1 saturated carbocycles. The minimum atomic E-state index is -0.480. The van der Waals surface area contributed by atoms with Crippen molar-refractivity contribution in [1.29, 1.82) is 0 Å². The van der Waals surface area contributed by atoms with Gasteiger partial charge in [-0.2, -0.15) is 0 Å². The van der Waals surface area contributed by atoms with Gasteiger partial charge < -0.3 is 29.7 Å². The maximum atomic E-state index is 14.3. The molecule has 1 fully saturated rings. The second kappa shape index (κ2) is 17.5. The number of nitrogens with zero attached hydrogens (tertiary/aromatic N) is 2. The number of hydrogen-bond donors (Lipinski definition) is 2. The van der Waals surface area contributed by atoms with Gasteiger partial charge in [0.2, 0.25) is 11.8 Å². The lowest BCUT2D eigenvalue weighted by Gasteiger charge is -2.36. The van der Waals surface area contributed by atoms with E-state index in [2.05, 4.69) is 5.32 Å². The molecule has 3 amide bonds. The molecule has 0 saturated heterocycles. The minimum Gasteiger partial charge on any atom is -0.490 e. The smallest absolute Gasteiger partial charge is 0.258 e. The first-order valence-corrected chi connectivity index (χ1v) is 17.1. The summed E-state index contributed by atoms with van der Waals surface area (Å²) in [5, 5.41) is 13.2. The number of fused-ring (bicyclic) bond motifs is 1. The highest BCUT2D eigenvalue weighted by Crippen LogP contribution is 2.29. The molecule has 4 atom stereocenters. The maximum absolute atomic E-state index is 14.3. The fraction of sp³-hybridized carbons (Fsp3) is 0.595. The maximum Gasteiger partial charge on any atom is 0.258 e. The summed E-state index contributed by atoms with van der Waals surface area (Å²) < 4.78 is 12.7. The second-order valence-corrected chi connectivity index (χ2v) is 13.3. The van der Waals surface area contributed by atoms with Crippen LogP contribution in [0.25, 0.3) is 0 Å². The lowest BCUT2D eigenvalue weighted by molar-refractivity contribution is -0.138. The van der Waals surface area contributed by atoms with Gasteiger partial charge in [-0.1, -0.05) is 56.5 Å². The molecule has 0 bridgehead atoms. The van der Waals surface area contributed by atoms with Gasteiger partial charge in [-0.15, -0.1) is 0 Å². The Balaban J connectivity index is 1.58. The van der Waals surface area contributed by atoms with Gasteiger partial charge in [0.25, 0.3) is 5.91 Å². The van der Waals surface area contributed by atoms with Crippen molar-refractivity contribution in [1.82, 2.24) is 9.80 Å². The zero-order chi connectivity index (χ0) is 33.1. The van der Waals surface area contributed by atoms with E-state index in [1.165, 1.54) is 6.42 Å². The molecule has 2 aliphatic rings. The SMILES string of the molecule is C[C@@H]1CCCCO[C@@H](CN(C)C(=O)C2CCCCC2)[C@H](C)CN([C@@H](C)CO)C(=O)c2cc(NC(=O)Cc3ccccc3)ccc2O1. The van der Waals surface area contributed by atoms with Crippen LogP contribution in [0.2, 0.25) is 0 Å². The average Bonchev–Trinajstić information content (AvgIpc) is 3.06. The predicted molar refractivity (Wildman–Crippen MR) is 180 cm³/mol. The van der Waals surface area contributed by atoms with Crippen molar-refractivity contribution in [2.75, 3.05) is 38.7 Å². The Bertz CT molecular complexity index is 1280. The summed E-state index contributed by atoms with van der Waals surface area (Å²) in [5.41, 5.74) is 1.72. The summed E-state index contributed by atoms with van der Waals surface area (Å²) in [6.07, 6.45) is 7.58. The number of nitrogens with one attached hydrogen (secondary N) is 1. The number of benzene rings is 2. The van der Waals surface area contributed by atoms with Crippen molar-refractivity contribution in [3.63, 3.8) is 0 Å². The molecule has 9 nitrogen and oxygen atoms in total. The Morgan fingerprint density at radius 2 is 1.74 bits per heavy atom. The third-order valence-electron chi connectivity index (χ3n) is 9.33. The fourth-order valence-electron chi connectivity index (χ4n) is 6.47. The lowest BCUT2D eigenvalue weighted by Crippen LogP contribution is -2.48. The molecule has 252 valence electrons. The number of amides is 3. The van der Waals surface area contributed by atoms with E-state index >= 15 is 0 Å².